The number of ketones is 1. The molecule has 0 amide bonds. The van der Waals surface area contributed by atoms with E-state index in [-0.39, 0.29) is 6.10 Å². The number of carbonyl (C=O) groups is 2. The zero-order valence-electron chi connectivity index (χ0n) is 12.0. The molecule has 0 aromatic rings. The van der Waals surface area contributed by atoms with E-state index in [1.54, 1.807) is 13.8 Å². The normalized spacial score (nSPS) is 15.3. The summed E-state index contributed by atoms with van der Waals surface area (Å²) < 4.78 is 10.4. The largest absolute Gasteiger partial charge is 0.452 e. The lowest BCUT2D eigenvalue weighted by Crippen LogP contribution is -2.43. The second kappa shape index (κ2) is 6.85. The molecule has 5 heteroatoms. The van der Waals surface area contributed by atoms with Gasteiger partial charge in [-0.3, -0.25) is 4.79 Å². The summed E-state index contributed by atoms with van der Waals surface area (Å²) in [6, 6.07) is 0. The number of esters is 1. The minimum atomic E-state index is -1.51. The molecule has 0 bridgehead atoms. The summed E-state index contributed by atoms with van der Waals surface area (Å²) in [7, 11) is 0. The topological polar surface area (TPSA) is 72.8 Å². The Hall–Kier alpha value is -0.940. The first kappa shape index (κ1) is 17.1. The van der Waals surface area contributed by atoms with Crippen LogP contribution in [0, 0.1) is 0 Å². The molecule has 0 heterocycles. The Morgan fingerprint density at radius 1 is 1.22 bits per heavy atom. The van der Waals surface area contributed by atoms with E-state index in [9.17, 15) is 14.7 Å². The Morgan fingerprint density at radius 3 is 2.06 bits per heavy atom. The van der Waals surface area contributed by atoms with E-state index in [4.69, 9.17) is 9.47 Å². The molecule has 0 aromatic heterocycles. The van der Waals surface area contributed by atoms with Gasteiger partial charge in [-0.1, -0.05) is 6.92 Å². The van der Waals surface area contributed by atoms with Crippen LogP contribution < -0.4 is 0 Å². The predicted octanol–water partition coefficient (Wildman–Crippen LogP) is 1.46. The minimum absolute atomic E-state index is 0.0994. The molecule has 2 unspecified atom stereocenters. The molecule has 0 saturated carbocycles. The van der Waals surface area contributed by atoms with Crippen LogP contribution in [0.25, 0.3) is 0 Å². The fourth-order valence-electron chi connectivity index (χ4n) is 1.42. The van der Waals surface area contributed by atoms with E-state index in [1.165, 1.54) is 13.8 Å². The van der Waals surface area contributed by atoms with Crippen molar-refractivity contribution in [1.29, 1.82) is 0 Å². The summed E-state index contributed by atoms with van der Waals surface area (Å²) in [5.41, 5.74) is -1.51. The van der Waals surface area contributed by atoms with Crippen molar-refractivity contribution >= 4 is 11.8 Å². The van der Waals surface area contributed by atoms with E-state index in [2.05, 4.69) is 0 Å². The Bertz CT molecular complexity index is 290. The van der Waals surface area contributed by atoms with Gasteiger partial charge in [-0.25, -0.2) is 4.79 Å². The van der Waals surface area contributed by atoms with Crippen LogP contribution in [-0.4, -0.2) is 40.8 Å². The Kier molecular flexibility index (Phi) is 6.49. The summed E-state index contributed by atoms with van der Waals surface area (Å²) in [5.74, 6) is -1.09. The third-order valence-corrected chi connectivity index (χ3v) is 2.33. The maximum Gasteiger partial charge on any atom is 0.335 e. The predicted molar refractivity (Wildman–Crippen MR) is 67.2 cm³/mol. The Balaban J connectivity index is 4.55. The van der Waals surface area contributed by atoms with Crippen LogP contribution in [0.5, 0.6) is 0 Å². The van der Waals surface area contributed by atoms with Gasteiger partial charge in [-0.2, -0.15) is 0 Å². The number of hydrogen-bond donors (Lipinski definition) is 1. The van der Waals surface area contributed by atoms with Crippen LogP contribution in [0.3, 0.4) is 0 Å². The van der Waals surface area contributed by atoms with Crippen molar-refractivity contribution in [2.75, 3.05) is 0 Å². The van der Waals surface area contributed by atoms with Crippen LogP contribution >= 0.6 is 0 Å². The van der Waals surface area contributed by atoms with Crippen molar-refractivity contribution < 1.29 is 24.2 Å². The van der Waals surface area contributed by atoms with Gasteiger partial charge in [0.1, 0.15) is 5.60 Å². The van der Waals surface area contributed by atoms with Crippen molar-refractivity contribution in [3.63, 3.8) is 0 Å². The standard InChI is InChI=1S/C13H24O5/c1-7-10(11(14)13(5,6)16)18-12(15)9(4)17-8(2)3/h8-10,16H,7H2,1-6H3. The van der Waals surface area contributed by atoms with Gasteiger partial charge in [0.25, 0.3) is 0 Å². The van der Waals surface area contributed by atoms with Crippen molar-refractivity contribution in [2.24, 2.45) is 0 Å². The molecule has 0 aliphatic heterocycles. The summed E-state index contributed by atoms with van der Waals surface area (Å²) in [4.78, 5) is 23.5. The molecule has 0 rings (SSSR count). The average molecular weight is 260 g/mol. The molecule has 0 radical (unpaired) electrons. The van der Waals surface area contributed by atoms with Gasteiger partial charge < -0.3 is 14.6 Å². The summed E-state index contributed by atoms with van der Waals surface area (Å²) in [5, 5.41) is 9.61. The molecule has 0 fully saturated rings. The number of aliphatic hydroxyl groups is 1. The van der Waals surface area contributed by atoms with E-state index in [0.717, 1.165) is 0 Å². The molecule has 0 aliphatic carbocycles. The van der Waals surface area contributed by atoms with E-state index in [1.807, 2.05) is 13.8 Å². The quantitative estimate of drug-likeness (QED) is 0.702. The Labute approximate surface area is 108 Å². The van der Waals surface area contributed by atoms with E-state index in [0.29, 0.717) is 6.42 Å². The third kappa shape index (κ3) is 5.60. The first-order valence-corrected chi connectivity index (χ1v) is 6.22. The molecule has 0 aromatic carbocycles. The maximum absolute atomic E-state index is 11.8. The molecule has 106 valence electrons. The molecule has 5 nitrogen and oxygen atoms in total. The van der Waals surface area contributed by atoms with Crippen LogP contribution in [0.15, 0.2) is 0 Å². The lowest BCUT2D eigenvalue weighted by molar-refractivity contribution is -0.171. The summed E-state index contributed by atoms with van der Waals surface area (Å²) in [6.07, 6.45) is -1.44. The van der Waals surface area contributed by atoms with Gasteiger partial charge in [-0.05, 0) is 41.0 Å². The van der Waals surface area contributed by atoms with Crippen molar-refractivity contribution in [1.82, 2.24) is 0 Å². The van der Waals surface area contributed by atoms with Gasteiger partial charge in [0.2, 0.25) is 5.78 Å². The fraction of sp³-hybridized carbons (Fsp3) is 0.846. The van der Waals surface area contributed by atoms with Crippen molar-refractivity contribution in [3.05, 3.63) is 0 Å². The van der Waals surface area contributed by atoms with Crippen molar-refractivity contribution in [3.8, 4) is 0 Å². The maximum atomic E-state index is 11.8. The number of Topliss-reactive ketones (excluding diaryl/α,β-unsaturated/α-hetero) is 1. The van der Waals surface area contributed by atoms with Gasteiger partial charge in [0, 0.05) is 0 Å². The van der Waals surface area contributed by atoms with Crippen LogP contribution in [0.2, 0.25) is 0 Å². The molecule has 0 aliphatic rings. The SMILES string of the molecule is CCC(OC(=O)C(C)OC(C)C)C(=O)C(C)(C)O. The molecule has 18 heavy (non-hydrogen) atoms. The highest BCUT2D eigenvalue weighted by molar-refractivity contribution is 5.92. The van der Waals surface area contributed by atoms with Gasteiger partial charge >= 0.3 is 5.97 Å². The highest BCUT2D eigenvalue weighted by atomic mass is 16.6. The third-order valence-electron chi connectivity index (χ3n) is 2.33. The highest BCUT2D eigenvalue weighted by Crippen LogP contribution is 2.13. The molecule has 0 spiro atoms. The van der Waals surface area contributed by atoms with Crippen LogP contribution in [0.1, 0.15) is 48.0 Å². The molecular formula is C13H24O5. The van der Waals surface area contributed by atoms with Gasteiger partial charge in [0.05, 0.1) is 6.10 Å². The molecular weight excluding hydrogens is 236 g/mol. The lowest BCUT2D eigenvalue weighted by Gasteiger charge is -2.24. The first-order chi connectivity index (χ1) is 8.09. The zero-order valence-corrected chi connectivity index (χ0v) is 12.0. The van der Waals surface area contributed by atoms with Crippen LogP contribution in [0.4, 0.5) is 0 Å². The summed E-state index contributed by atoms with van der Waals surface area (Å²) in [6.45, 7) is 9.66. The average Bonchev–Trinajstić information content (AvgIpc) is 2.22. The number of rotatable bonds is 7. The zero-order chi connectivity index (χ0) is 14.5. The smallest absolute Gasteiger partial charge is 0.335 e. The number of hydrogen-bond acceptors (Lipinski definition) is 5. The van der Waals surface area contributed by atoms with Crippen molar-refractivity contribution in [2.45, 2.75) is 71.9 Å². The Morgan fingerprint density at radius 2 is 1.72 bits per heavy atom. The minimum Gasteiger partial charge on any atom is -0.452 e. The second-order valence-electron chi connectivity index (χ2n) is 5.08. The second-order valence-corrected chi connectivity index (χ2v) is 5.08. The lowest BCUT2D eigenvalue weighted by atomic mass is 9.97. The van der Waals surface area contributed by atoms with Gasteiger partial charge in [-0.15, -0.1) is 0 Å². The van der Waals surface area contributed by atoms with E-state index >= 15 is 0 Å². The molecule has 2 atom stereocenters. The first-order valence-electron chi connectivity index (χ1n) is 6.22. The number of carbonyl (C=O) groups excluding carboxylic acids is 2. The molecule has 1 N–H and O–H groups in total. The fourth-order valence-corrected chi connectivity index (χ4v) is 1.42. The van der Waals surface area contributed by atoms with Crippen LogP contribution in [-0.2, 0) is 19.1 Å². The molecule has 0 saturated heterocycles. The van der Waals surface area contributed by atoms with E-state index < -0.39 is 29.6 Å². The monoisotopic (exact) mass is 260 g/mol. The highest BCUT2D eigenvalue weighted by Gasteiger charge is 2.34. The van der Waals surface area contributed by atoms with Gasteiger partial charge in [0.15, 0.2) is 12.2 Å². The number of ether oxygens (including phenoxy) is 2. The summed E-state index contributed by atoms with van der Waals surface area (Å²) >= 11 is 0.